The lowest BCUT2D eigenvalue weighted by Gasteiger charge is -2.41. The Balaban J connectivity index is 1.47. The van der Waals surface area contributed by atoms with Crippen LogP contribution in [0.15, 0.2) is 41.3 Å². The molecule has 0 saturated carbocycles. The molecule has 2 aliphatic rings. The number of tetrazole rings is 1. The number of sulfone groups is 1. The van der Waals surface area contributed by atoms with E-state index in [-0.39, 0.29) is 17.0 Å². The van der Waals surface area contributed by atoms with Crippen molar-refractivity contribution in [1.29, 1.82) is 0 Å². The van der Waals surface area contributed by atoms with Crippen molar-refractivity contribution in [2.45, 2.75) is 23.4 Å². The van der Waals surface area contributed by atoms with Crippen molar-refractivity contribution in [3.63, 3.8) is 0 Å². The Morgan fingerprint density at radius 1 is 1.11 bits per heavy atom. The number of likely N-dealkylation sites (tertiary alicyclic amines) is 1. The highest BCUT2D eigenvalue weighted by Crippen LogP contribution is 2.43. The summed E-state index contributed by atoms with van der Waals surface area (Å²) in [5.74, 6) is 0.881. The molecule has 0 bridgehead atoms. The van der Waals surface area contributed by atoms with E-state index in [9.17, 15) is 21.6 Å². The molecule has 1 aromatic heterocycles. The molecule has 8 nitrogen and oxygen atoms in total. The molecule has 2 fully saturated rings. The van der Waals surface area contributed by atoms with Gasteiger partial charge in [0.1, 0.15) is 0 Å². The van der Waals surface area contributed by atoms with Crippen molar-refractivity contribution >= 4 is 9.84 Å². The second-order valence-corrected chi connectivity index (χ2v) is 11.2. The fourth-order valence-corrected chi connectivity index (χ4v) is 6.18. The maximum Gasteiger partial charge on any atom is 0.417 e. The van der Waals surface area contributed by atoms with Gasteiger partial charge in [0.2, 0.25) is 5.82 Å². The van der Waals surface area contributed by atoms with E-state index in [1.807, 2.05) is 12.1 Å². The first-order valence-electron chi connectivity index (χ1n) is 11.3. The zero-order chi connectivity index (χ0) is 24.8. The van der Waals surface area contributed by atoms with Gasteiger partial charge in [0.25, 0.3) is 0 Å². The lowest BCUT2D eigenvalue weighted by atomic mass is 9.88. The highest BCUT2D eigenvalue weighted by atomic mass is 32.2. The predicted molar refractivity (Wildman–Crippen MR) is 123 cm³/mol. The molecule has 1 atom stereocenters. The van der Waals surface area contributed by atoms with E-state index >= 15 is 0 Å². The highest BCUT2D eigenvalue weighted by Gasteiger charge is 2.39. The quantitative estimate of drug-likeness (QED) is 0.530. The lowest BCUT2D eigenvalue weighted by Crippen LogP contribution is -2.47. The molecule has 2 saturated heterocycles. The number of nitrogens with one attached hydrogen (secondary N) is 2. The molecule has 2 N–H and O–H groups in total. The van der Waals surface area contributed by atoms with Crippen LogP contribution < -0.4 is 5.32 Å². The third kappa shape index (κ3) is 4.82. The van der Waals surface area contributed by atoms with Crippen LogP contribution in [0, 0.1) is 5.92 Å². The molecule has 35 heavy (non-hydrogen) atoms. The van der Waals surface area contributed by atoms with Crippen molar-refractivity contribution < 1.29 is 21.6 Å². The summed E-state index contributed by atoms with van der Waals surface area (Å²) in [7, 11) is -4.29. The van der Waals surface area contributed by atoms with Crippen LogP contribution in [0.1, 0.15) is 23.5 Å². The van der Waals surface area contributed by atoms with Gasteiger partial charge in [0.15, 0.2) is 9.84 Å². The fourth-order valence-electron chi connectivity index (χ4n) is 5.02. The molecular formula is C23H25F3N6O2S. The largest absolute Gasteiger partial charge is 0.417 e. The molecule has 1 unspecified atom stereocenters. The first-order valence-corrected chi connectivity index (χ1v) is 13.2. The summed E-state index contributed by atoms with van der Waals surface area (Å²) in [6.45, 7) is 5.20. The Morgan fingerprint density at radius 3 is 2.43 bits per heavy atom. The highest BCUT2D eigenvalue weighted by molar-refractivity contribution is 7.91. The van der Waals surface area contributed by atoms with Gasteiger partial charge in [0.05, 0.1) is 16.0 Å². The van der Waals surface area contributed by atoms with Crippen molar-refractivity contribution in [2.24, 2.45) is 5.92 Å². The number of rotatable bonds is 6. The number of hydrogen-bond acceptors (Lipinski definition) is 7. The zero-order valence-electron chi connectivity index (χ0n) is 19.0. The molecule has 0 aliphatic carbocycles. The van der Waals surface area contributed by atoms with Gasteiger partial charge in [0, 0.05) is 31.8 Å². The smallest absolute Gasteiger partial charge is 0.316 e. The first-order chi connectivity index (χ1) is 16.6. The van der Waals surface area contributed by atoms with Gasteiger partial charge in [-0.1, -0.05) is 30.3 Å². The van der Waals surface area contributed by atoms with Gasteiger partial charge >= 0.3 is 6.18 Å². The molecule has 186 valence electrons. The summed E-state index contributed by atoms with van der Waals surface area (Å²) in [5.41, 5.74) is 0.526. The van der Waals surface area contributed by atoms with E-state index in [1.54, 1.807) is 12.1 Å². The number of nitrogens with zero attached hydrogens (tertiary/aromatic N) is 4. The molecule has 0 radical (unpaired) electrons. The predicted octanol–water partition coefficient (Wildman–Crippen LogP) is 2.96. The molecular weight excluding hydrogens is 481 g/mol. The van der Waals surface area contributed by atoms with Gasteiger partial charge in [-0.3, -0.25) is 0 Å². The Morgan fingerprint density at radius 2 is 1.86 bits per heavy atom. The summed E-state index contributed by atoms with van der Waals surface area (Å²) in [4.78, 5) is 1.59. The van der Waals surface area contributed by atoms with Crippen LogP contribution in [0.2, 0.25) is 0 Å². The number of hydrogen-bond donors (Lipinski definition) is 2. The molecule has 0 amide bonds. The molecule has 5 rings (SSSR count). The van der Waals surface area contributed by atoms with E-state index in [0.29, 0.717) is 17.4 Å². The zero-order valence-corrected chi connectivity index (χ0v) is 19.8. The maximum atomic E-state index is 13.7. The standard InChI is InChI=1S/C23H25F3N6O2S/c1-35(33,34)21-19(23(24,25)26)7-6-18(20(21)22-28-30-31-29-22)16-4-2-15(3-5-16)17-12-32(13-17)11-14-8-9-27-10-14/h2-7,14,17,27H,8-13H2,1H3,(H,28,29,30,31). The topological polar surface area (TPSA) is 104 Å². The minimum absolute atomic E-state index is 0.216. The van der Waals surface area contributed by atoms with Gasteiger partial charge in [-0.25, -0.2) is 8.42 Å². The molecule has 3 heterocycles. The van der Waals surface area contributed by atoms with E-state index in [1.165, 1.54) is 12.5 Å². The molecule has 12 heteroatoms. The number of halogens is 3. The van der Waals surface area contributed by atoms with Crippen LogP contribution in [0.4, 0.5) is 13.2 Å². The minimum Gasteiger partial charge on any atom is -0.316 e. The Hall–Kier alpha value is -2.83. The Kier molecular flexibility index (Phi) is 6.14. The summed E-state index contributed by atoms with van der Waals surface area (Å²) in [6, 6.07) is 9.57. The summed E-state index contributed by atoms with van der Waals surface area (Å²) >= 11 is 0. The molecule has 2 aromatic carbocycles. The van der Waals surface area contributed by atoms with E-state index in [4.69, 9.17) is 0 Å². The van der Waals surface area contributed by atoms with Gasteiger partial charge < -0.3 is 10.2 Å². The molecule has 0 spiro atoms. The molecule has 3 aromatic rings. The van der Waals surface area contributed by atoms with Crippen LogP contribution in [0.25, 0.3) is 22.5 Å². The Bertz CT molecular complexity index is 1300. The molecule has 2 aliphatic heterocycles. The monoisotopic (exact) mass is 506 g/mol. The fraction of sp³-hybridized carbons (Fsp3) is 0.435. The average molecular weight is 507 g/mol. The van der Waals surface area contributed by atoms with Crippen LogP contribution >= 0.6 is 0 Å². The SMILES string of the molecule is CS(=O)(=O)c1c(C(F)(F)F)ccc(-c2ccc(C3CN(CC4CCNC4)C3)cc2)c1-c1nn[nH]n1. The second kappa shape index (κ2) is 8.99. The van der Waals surface area contributed by atoms with E-state index in [2.05, 4.69) is 30.8 Å². The first kappa shape index (κ1) is 23.9. The minimum atomic E-state index is -4.87. The Labute approximate surface area is 200 Å². The lowest BCUT2D eigenvalue weighted by molar-refractivity contribution is -0.139. The van der Waals surface area contributed by atoms with E-state index in [0.717, 1.165) is 50.6 Å². The second-order valence-electron chi connectivity index (χ2n) is 9.27. The van der Waals surface area contributed by atoms with Gasteiger partial charge in [-0.15, -0.1) is 10.2 Å². The van der Waals surface area contributed by atoms with Crippen molar-refractivity contribution in [1.82, 2.24) is 30.8 Å². The third-order valence-corrected chi connectivity index (χ3v) is 7.90. The van der Waals surface area contributed by atoms with Crippen LogP contribution in [0.3, 0.4) is 0 Å². The van der Waals surface area contributed by atoms with Gasteiger partial charge in [-0.2, -0.15) is 18.4 Å². The van der Waals surface area contributed by atoms with Crippen LogP contribution in [0.5, 0.6) is 0 Å². The third-order valence-electron chi connectivity index (χ3n) is 6.73. The van der Waals surface area contributed by atoms with Crippen LogP contribution in [-0.4, -0.2) is 72.9 Å². The number of H-pyrrole nitrogens is 1. The number of benzene rings is 2. The number of aromatic nitrogens is 4. The van der Waals surface area contributed by atoms with E-state index < -0.39 is 26.5 Å². The van der Waals surface area contributed by atoms with Crippen molar-refractivity contribution in [3.8, 4) is 22.5 Å². The van der Waals surface area contributed by atoms with Crippen LogP contribution in [-0.2, 0) is 16.0 Å². The van der Waals surface area contributed by atoms with Gasteiger partial charge in [-0.05, 0) is 53.4 Å². The van der Waals surface area contributed by atoms with Crippen molar-refractivity contribution in [2.75, 3.05) is 39.0 Å². The van der Waals surface area contributed by atoms with Crippen molar-refractivity contribution in [3.05, 3.63) is 47.5 Å². The maximum absolute atomic E-state index is 13.7. The summed E-state index contributed by atoms with van der Waals surface area (Å²) in [5, 5.41) is 16.6. The number of aromatic amines is 1. The summed E-state index contributed by atoms with van der Waals surface area (Å²) in [6.07, 6.45) is -2.91. The summed E-state index contributed by atoms with van der Waals surface area (Å²) < 4.78 is 66.3. The number of alkyl halides is 3. The normalized spacial score (nSPS) is 19.7. The average Bonchev–Trinajstić information content (AvgIpc) is 3.48.